The normalized spacial score (nSPS) is 10.4. The Balaban J connectivity index is 2.16. The fraction of sp³-hybridized carbons (Fsp3) is 0.294. The molecule has 0 saturated heterocycles. The highest BCUT2D eigenvalue weighted by Crippen LogP contribution is 2.33. The quantitative estimate of drug-likeness (QED) is 0.844. The number of esters is 1. The van der Waals surface area contributed by atoms with Crippen molar-refractivity contribution in [3.05, 3.63) is 51.7 Å². The van der Waals surface area contributed by atoms with Crippen molar-refractivity contribution in [3.63, 3.8) is 0 Å². The van der Waals surface area contributed by atoms with E-state index in [0.29, 0.717) is 16.1 Å². The van der Waals surface area contributed by atoms with E-state index in [4.69, 9.17) is 4.74 Å². The van der Waals surface area contributed by atoms with E-state index in [1.54, 1.807) is 19.1 Å². The Hall–Kier alpha value is -2.21. The molecule has 1 heterocycles. The number of carbonyl (C=O) groups excluding carboxylic acids is 2. The first kappa shape index (κ1) is 17.1. The third-order valence-corrected chi connectivity index (χ3v) is 4.52. The molecule has 0 spiro atoms. The Morgan fingerprint density at radius 1 is 1.22 bits per heavy atom. The second kappa shape index (κ2) is 7.37. The number of benzene rings is 1. The Bertz CT molecular complexity index is 722. The van der Waals surface area contributed by atoms with E-state index in [0.717, 1.165) is 10.4 Å². The van der Waals surface area contributed by atoms with E-state index in [2.05, 4.69) is 5.32 Å². The molecule has 23 heavy (non-hydrogen) atoms. The lowest BCUT2D eigenvalue weighted by molar-refractivity contribution is -0.115. The first-order valence-corrected chi connectivity index (χ1v) is 8.05. The van der Waals surface area contributed by atoms with Crippen LogP contribution < -0.4 is 5.32 Å². The average Bonchev–Trinajstić information content (AvgIpc) is 2.76. The largest absolute Gasteiger partial charge is 0.462 e. The van der Waals surface area contributed by atoms with Crippen LogP contribution in [0.3, 0.4) is 0 Å². The topological polar surface area (TPSA) is 55.4 Å². The molecule has 0 radical (unpaired) electrons. The van der Waals surface area contributed by atoms with Crippen LogP contribution in [0.15, 0.2) is 24.3 Å². The number of hydrogen-bond donors (Lipinski definition) is 1. The summed E-state index contributed by atoms with van der Waals surface area (Å²) in [5.41, 5.74) is 1.92. The third kappa shape index (κ3) is 4.16. The maximum atomic E-state index is 12.9. The summed E-state index contributed by atoms with van der Waals surface area (Å²) in [5.74, 6) is -1.04. The zero-order valence-corrected chi connectivity index (χ0v) is 14.1. The number of hydrogen-bond acceptors (Lipinski definition) is 4. The van der Waals surface area contributed by atoms with Gasteiger partial charge in [-0.2, -0.15) is 0 Å². The van der Waals surface area contributed by atoms with E-state index >= 15 is 0 Å². The van der Waals surface area contributed by atoms with Crippen molar-refractivity contribution in [3.8, 4) is 0 Å². The number of ether oxygens (including phenoxy) is 1. The van der Waals surface area contributed by atoms with Gasteiger partial charge in [0.2, 0.25) is 5.91 Å². The van der Waals surface area contributed by atoms with Crippen LogP contribution in [-0.4, -0.2) is 18.5 Å². The van der Waals surface area contributed by atoms with Crippen LogP contribution in [-0.2, 0) is 16.0 Å². The van der Waals surface area contributed by atoms with Crippen LogP contribution in [0.4, 0.5) is 9.39 Å². The number of amides is 1. The van der Waals surface area contributed by atoms with E-state index in [-0.39, 0.29) is 24.8 Å². The zero-order chi connectivity index (χ0) is 17.0. The molecule has 0 saturated carbocycles. The van der Waals surface area contributed by atoms with Crippen molar-refractivity contribution < 1.29 is 18.7 Å². The molecule has 0 aliphatic heterocycles. The van der Waals surface area contributed by atoms with Crippen LogP contribution in [0.1, 0.15) is 33.3 Å². The van der Waals surface area contributed by atoms with Crippen LogP contribution in [0.25, 0.3) is 0 Å². The maximum Gasteiger partial charge on any atom is 0.341 e. The minimum absolute atomic E-state index is 0.110. The number of halogens is 1. The van der Waals surface area contributed by atoms with Gasteiger partial charge in [0, 0.05) is 4.88 Å². The molecule has 2 rings (SSSR count). The molecular formula is C17H18FNO3S. The highest BCUT2D eigenvalue weighted by molar-refractivity contribution is 7.16. The number of nitrogens with one attached hydrogen (secondary N) is 1. The fourth-order valence-electron chi connectivity index (χ4n) is 2.12. The van der Waals surface area contributed by atoms with Gasteiger partial charge in [0.15, 0.2) is 0 Å². The first-order chi connectivity index (χ1) is 10.9. The van der Waals surface area contributed by atoms with E-state index < -0.39 is 5.97 Å². The molecule has 0 aliphatic rings. The van der Waals surface area contributed by atoms with Gasteiger partial charge in [-0.15, -0.1) is 11.3 Å². The lowest BCUT2D eigenvalue weighted by Gasteiger charge is -2.07. The van der Waals surface area contributed by atoms with Gasteiger partial charge >= 0.3 is 5.97 Å². The first-order valence-electron chi connectivity index (χ1n) is 7.23. The Morgan fingerprint density at radius 3 is 2.48 bits per heavy atom. The number of carbonyl (C=O) groups is 2. The van der Waals surface area contributed by atoms with Crippen molar-refractivity contribution in [1.29, 1.82) is 0 Å². The number of aryl methyl sites for hydroxylation is 1. The standard InChI is InChI=1S/C17H18FNO3S/c1-4-22-17(21)15-10(2)11(3)23-16(15)19-14(20)9-12-5-7-13(18)8-6-12/h5-8H,4,9H2,1-3H3,(H,19,20). The van der Waals surface area contributed by atoms with Gasteiger partial charge < -0.3 is 10.1 Å². The summed E-state index contributed by atoms with van der Waals surface area (Å²) in [6.45, 7) is 5.72. The van der Waals surface area contributed by atoms with Crippen molar-refractivity contribution >= 4 is 28.2 Å². The SMILES string of the molecule is CCOC(=O)c1c(NC(=O)Cc2ccc(F)cc2)sc(C)c1C. The molecule has 122 valence electrons. The van der Waals surface area contributed by atoms with Crippen LogP contribution in [0, 0.1) is 19.7 Å². The highest BCUT2D eigenvalue weighted by Gasteiger charge is 2.22. The maximum absolute atomic E-state index is 12.9. The Kier molecular flexibility index (Phi) is 5.50. The number of rotatable bonds is 5. The molecule has 0 atom stereocenters. The van der Waals surface area contributed by atoms with Crippen LogP contribution in [0.5, 0.6) is 0 Å². The molecule has 0 bridgehead atoms. The van der Waals surface area contributed by atoms with Gasteiger partial charge in [0.05, 0.1) is 18.6 Å². The summed E-state index contributed by atoms with van der Waals surface area (Å²) in [6.07, 6.45) is 0.110. The Labute approximate surface area is 138 Å². The monoisotopic (exact) mass is 335 g/mol. The second-order valence-corrected chi connectivity index (χ2v) is 6.28. The molecule has 2 aromatic rings. The summed E-state index contributed by atoms with van der Waals surface area (Å²) in [5, 5.41) is 3.25. The molecular weight excluding hydrogens is 317 g/mol. The molecule has 1 aromatic carbocycles. The predicted molar refractivity (Wildman–Crippen MR) is 88.5 cm³/mol. The van der Waals surface area contributed by atoms with Gasteiger partial charge in [-0.25, -0.2) is 9.18 Å². The average molecular weight is 335 g/mol. The highest BCUT2D eigenvalue weighted by atomic mass is 32.1. The van der Waals surface area contributed by atoms with Crippen molar-refractivity contribution in [2.24, 2.45) is 0 Å². The lowest BCUT2D eigenvalue weighted by atomic mass is 10.1. The third-order valence-electron chi connectivity index (χ3n) is 3.40. The second-order valence-electron chi connectivity index (χ2n) is 5.06. The Morgan fingerprint density at radius 2 is 1.87 bits per heavy atom. The molecule has 0 unspecified atom stereocenters. The lowest BCUT2D eigenvalue weighted by Crippen LogP contribution is -2.16. The molecule has 1 aromatic heterocycles. The van der Waals surface area contributed by atoms with Crippen molar-refractivity contribution in [2.75, 3.05) is 11.9 Å². The van der Waals surface area contributed by atoms with E-state index in [1.807, 2.05) is 13.8 Å². The van der Waals surface area contributed by atoms with Gasteiger partial charge in [0.1, 0.15) is 10.8 Å². The summed E-state index contributed by atoms with van der Waals surface area (Å²) in [6, 6.07) is 5.75. The van der Waals surface area contributed by atoms with Crippen LogP contribution in [0.2, 0.25) is 0 Å². The molecule has 4 nitrogen and oxygen atoms in total. The smallest absolute Gasteiger partial charge is 0.341 e. The molecule has 6 heteroatoms. The van der Waals surface area contributed by atoms with Gasteiger partial charge in [-0.3, -0.25) is 4.79 Å². The molecule has 1 amide bonds. The van der Waals surface area contributed by atoms with Crippen LogP contribution >= 0.6 is 11.3 Å². The minimum atomic E-state index is -0.438. The summed E-state index contributed by atoms with van der Waals surface area (Å²) in [4.78, 5) is 25.2. The van der Waals surface area contributed by atoms with Gasteiger partial charge in [0.25, 0.3) is 0 Å². The minimum Gasteiger partial charge on any atom is -0.462 e. The number of thiophene rings is 1. The zero-order valence-electron chi connectivity index (χ0n) is 13.2. The summed E-state index contributed by atoms with van der Waals surface area (Å²) >= 11 is 1.34. The molecule has 1 N–H and O–H groups in total. The molecule has 0 fully saturated rings. The van der Waals surface area contributed by atoms with E-state index in [1.165, 1.54) is 23.5 Å². The van der Waals surface area contributed by atoms with Gasteiger partial charge in [-0.1, -0.05) is 12.1 Å². The summed E-state index contributed by atoms with van der Waals surface area (Å²) < 4.78 is 17.9. The number of anilines is 1. The van der Waals surface area contributed by atoms with E-state index in [9.17, 15) is 14.0 Å². The van der Waals surface area contributed by atoms with Crippen molar-refractivity contribution in [2.45, 2.75) is 27.2 Å². The summed E-state index contributed by atoms with van der Waals surface area (Å²) in [7, 11) is 0. The fourth-order valence-corrected chi connectivity index (χ4v) is 3.19. The van der Waals surface area contributed by atoms with Gasteiger partial charge in [-0.05, 0) is 44.0 Å². The van der Waals surface area contributed by atoms with Crippen molar-refractivity contribution in [1.82, 2.24) is 0 Å². The predicted octanol–water partition coefficient (Wildman–Crippen LogP) is 3.86. The molecule has 0 aliphatic carbocycles.